The smallest absolute Gasteiger partial charge is 0.0178 e. The SMILES string of the molecule is Cc1ccc(-c2ccc(CN)cc2C)cc1C. The van der Waals surface area contributed by atoms with Crippen LogP contribution >= 0.6 is 0 Å². The molecule has 0 fully saturated rings. The fourth-order valence-electron chi connectivity index (χ4n) is 2.09. The van der Waals surface area contributed by atoms with Gasteiger partial charge in [0.1, 0.15) is 0 Å². The predicted molar refractivity (Wildman–Crippen MR) is 74.0 cm³/mol. The second kappa shape index (κ2) is 4.72. The number of rotatable bonds is 2. The number of hydrogen-bond acceptors (Lipinski definition) is 1. The summed E-state index contributed by atoms with van der Waals surface area (Å²) in [5.74, 6) is 0. The molecule has 0 aliphatic heterocycles. The summed E-state index contributed by atoms with van der Waals surface area (Å²) in [5, 5.41) is 0. The minimum Gasteiger partial charge on any atom is -0.326 e. The van der Waals surface area contributed by atoms with E-state index in [0.29, 0.717) is 6.54 Å². The van der Waals surface area contributed by atoms with Crippen molar-refractivity contribution in [2.24, 2.45) is 5.73 Å². The van der Waals surface area contributed by atoms with Crippen molar-refractivity contribution in [1.82, 2.24) is 0 Å². The Kier molecular flexibility index (Phi) is 3.30. The summed E-state index contributed by atoms with van der Waals surface area (Å²) in [5.41, 5.74) is 13.4. The zero-order valence-corrected chi connectivity index (χ0v) is 10.7. The lowest BCUT2D eigenvalue weighted by molar-refractivity contribution is 1.07. The van der Waals surface area contributed by atoms with Crippen LogP contribution in [0.2, 0.25) is 0 Å². The number of hydrogen-bond donors (Lipinski definition) is 1. The molecule has 2 aromatic carbocycles. The molecule has 0 radical (unpaired) electrons. The molecular formula is C16H19N. The van der Waals surface area contributed by atoms with Gasteiger partial charge in [0.05, 0.1) is 0 Å². The molecular weight excluding hydrogens is 206 g/mol. The van der Waals surface area contributed by atoms with Crippen LogP contribution in [0.3, 0.4) is 0 Å². The van der Waals surface area contributed by atoms with Gasteiger partial charge in [0.15, 0.2) is 0 Å². The van der Waals surface area contributed by atoms with Gasteiger partial charge in [-0.3, -0.25) is 0 Å². The average Bonchev–Trinajstić information content (AvgIpc) is 2.32. The van der Waals surface area contributed by atoms with Crippen molar-refractivity contribution < 1.29 is 0 Å². The molecule has 1 heteroatoms. The lowest BCUT2D eigenvalue weighted by atomic mass is 9.96. The van der Waals surface area contributed by atoms with Gasteiger partial charge in [0.2, 0.25) is 0 Å². The van der Waals surface area contributed by atoms with Crippen LogP contribution in [0.4, 0.5) is 0 Å². The molecule has 88 valence electrons. The van der Waals surface area contributed by atoms with E-state index in [4.69, 9.17) is 5.73 Å². The molecule has 0 heterocycles. The van der Waals surface area contributed by atoms with E-state index in [1.54, 1.807) is 0 Å². The maximum Gasteiger partial charge on any atom is 0.0178 e. The van der Waals surface area contributed by atoms with Crippen molar-refractivity contribution >= 4 is 0 Å². The number of aryl methyl sites for hydroxylation is 3. The second-order valence-electron chi connectivity index (χ2n) is 4.65. The largest absolute Gasteiger partial charge is 0.326 e. The fourth-order valence-corrected chi connectivity index (χ4v) is 2.09. The Morgan fingerprint density at radius 1 is 0.824 bits per heavy atom. The average molecular weight is 225 g/mol. The first-order valence-corrected chi connectivity index (χ1v) is 5.99. The summed E-state index contributed by atoms with van der Waals surface area (Å²) in [6, 6.07) is 13.1. The van der Waals surface area contributed by atoms with Crippen molar-refractivity contribution in [3.63, 3.8) is 0 Å². The van der Waals surface area contributed by atoms with Gasteiger partial charge in [-0.15, -0.1) is 0 Å². The Hall–Kier alpha value is -1.60. The fraction of sp³-hybridized carbons (Fsp3) is 0.250. The second-order valence-corrected chi connectivity index (χ2v) is 4.65. The Morgan fingerprint density at radius 3 is 2.18 bits per heavy atom. The minimum absolute atomic E-state index is 0.605. The third kappa shape index (κ3) is 2.40. The molecule has 0 spiro atoms. The van der Waals surface area contributed by atoms with Crippen LogP contribution in [-0.4, -0.2) is 0 Å². The predicted octanol–water partition coefficient (Wildman–Crippen LogP) is 3.74. The number of benzene rings is 2. The van der Waals surface area contributed by atoms with Gasteiger partial charge in [-0.25, -0.2) is 0 Å². The van der Waals surface area contributed by atoms with Gasteiger partial charge in [-0.05, 0) is 54.2 Å². The highest BCUT2D eigenvalue weighted by Crippen LogP contribution is 2.26. The molecule has 17 heavy (non-hydrogen) atoms. The van der Waals surface area contributed by atoms with Crippen LogP contribution in [0, 0.1) is 20.8 Å². The first kappa shape index (κ1) is 11.9. The van der Waals surface area contributed by atoms with E-state index in [1.165, 1.54) is 33.4 Å². The van der Waals surface area contributed by atoms with Crippen LogP contribution < -0.4 is 5.73 Å². The van der Waals surface area contributed by atoms with Crippen molar-refractivity contribution in [2.45, 2.75) is 27.3 Å². The summed E-state index contributed by atoms with van der Waals surface area (Å²) in [6.45, 7) is 7.05. The molecule has 0 unspecified atom stereocenters. The topological polar surface area (TPSA) is 26.0 Å². The van der Waals surface area contributed by atoms with Crippen LogP contribution in [0.25, 0.3) is 11.1 Å². The normalized spacial score (nSPS) is 10.6. The molecule has 0 amide bonds. The van der Waals surface area contributed by atoms with E-state index in [0.717, 1.165) is 0 Å². The van der Waals surface area contributed by atoms with E-state index >= 15 is 0 Å². The highest BCUT2D eigenvalue weighted by atomic mass is 14.5. The van der Waals surface area contributed by atoms with Gasteiger partial charge >= 0.3 is 0 Å². The molecule has 2 rings (SSSR count). The molecule has 0 bridgehead atoms. The molecule has 0 aliphatic rings. The van der Waals surface area contributed by atoms with E-state index in [1.807, 2.05) is 0 Å². The monoisotopic (exact) mass is 225 g/mol. The van der Waals surface area contributed by atoms with E-state index < -0.39 is 0 Å². The van der Waals surface area contributed by atoms with Crippen LogP contribution in [0.1, 0.15) is 22.3 Å². The maximum atomic E-state index is 5.65. The van der Waals surface area contributed by atoms with Crippen molar-refractivity contribution in [1.29, 1.82) is 0 Å². The van der Waals surface area contributed by atoms with Crippen LogP contribution in [0.15, 0.2) is 36.4 Å². The quantitative estimate of drug-likeness (QED) is 0.828. The molecule has 0 aromatic heterocycles. The summed E-state index contributed by atoms with van der Waals surface area (Å²) < 4.78 is 0. The molecule has 1 nitrogen and oxygen atoms in total. The first-order chi connectivity index (χ1) is 8.11. The van der Waals surface area contributed by atoms with Crippen molar-refractivity contribution in [2.75, 3.05) is 0 Å². The molecule has 0 aliphatic carbocycles. The molecule has 2 aromatic rings. The third-order valence-corrected chi connectivity index (χ3v) is 3.34. The lowest BCUT2D eigenvalue weighted by Crippen LogP contribution is -1.97. The summed E-state index contributed by atoms with van der Waals surface area (Å²) in [4.78, 5) is 0. The van der Waals surface area contributed by atoms with E-state index in [-0.39, 0.29) is 0 Å². The highest BCUT2D eigenvalue weighted by molar-refractivity contribution is 5.68. The third-order valence-electron chi connectivity index (χ3n) is 3.34. The molecule has 0 saturated heterocycles. The summed E-state index contributed by atoms with van der Waals surface area (Å²) >= 11 is 0. The Balaban J connectivity index is 2.49. The van der Waals surface area contributed by atoms with Crippen molar-refractivity contribution in [3.05, 3.63) is 58.7 Å². The molecule has 2 N–H and O–H groups in total. The maximum absolute atomic E-state index is 5.65. The van der Waals surface area contributed by atoms with Crippen LogP contribution in [0.5, 0.6) is 0 Å². The minimum atomic E-state index is 0.605. The van der Waals surface area contributed by atoms with Gasteiger partial charge in [-0.2, -0.15) is 0 Å². The van der Waals surface area contributed by atoms with Crippen LogP contribution in [-0.2, 0) is 6.54 Å². The van der Waals surface area contributed by atoms with Gasteiger partial charge < -0.3 is 5.73 Å². The van der Waals surface area contributed by atoms with E-state index in [2.05, 4.69) is 57.2 Å². The number of nitrogens with two attached hydrogens (primary N) is 1. The molecule has 0 atom stereocenters. The zero-order valence-electron chi connectivity index (χ0n) is 10.7. The summed E-state index contributed by atoms with van der Waals surface area (Å²) in [7, 11) is 0. The standard InChI is InChI=1S/C16H19N/c1-11-4-6-15(9-12(11)2)16-7-5-14(10-17)8-13(16)3/h4-9H,10,17H2,1-3H3. The zero-order chi connectivity index (χ0) is 12.4. The Bertz CT molecular complexity index is 541. The van der Waals surface area contributed by atoms with Gasteiger partial charge in [0, 0.05) is 6.54 Å². The lowest BCUT2D eigenvalue weighted by Gasteiger charge is -2.10. The van der Waals surface area contributed by atoms with Crippen molar-refractivity contribution in [3.8, 4) is 11.1 Å². The van der Waals surface area contributed by atoms with Gasteiger partial charge in [0.25, 0.3) is 0 Å². The van der Waals surface area contributed by atoms with E-state index in [9.17, 15) is 0 Å². The summed E-state index contributed by atoms with van der Waals surface area (Å²) in [6.07, 6.45) is 0. The first-order valence-electron chi connectivity index (χ1n) is 5.99. The molecule has 0 saturated carbocycles. The highest BCUT2D eigenvalue weighted by Gasteiger charge is 2.03. The van der Waals surface area contributed by atoms with Gasteiger partial charge in [-0.1, -0.05) is 36.4 Å². The Labute approximate surface area is 103 Å². The Morgan fingerprint density at radius 2 is 1.59 bits per heavy atom.